The molecule has 2 aromatic rings. The summed E-state index contributed by atoms with van der Waals surface area (Å²) in [4.78, 5) is 27.1. The van der Waals surface area contributed by atoms with E-state index in [-0.39, 0.29) is 19.0 Å². The van der Waals surface area contributed by atoms with Crippen molar-refractivity contribution in [2.75, 3.05) is 25.0 Å². The highest BCUT2D eigenvalue weighted by molar-refractivity contribution is 7.89. The summed E-state index contributed by atoms with van der Waals surface area (Å²) in [6, 6.07) is 12.9. The van der Waals surface area contributed by atoms with Crippen molar-refractivity contribution in [1.82, 2.24) is 4.31 Å². The lowest BCUT2D eigenvalue weighted by Gasteiger charge is -2.31. The number of hydrogen-bond acceptors (Lipinski definition) is 5. The Bertz CT molecular complexity index is 1100. The van der Waals surface area contributed by atoms with Crippen LogP contribution in [0.2, 0.25) is 0 Å². The lowest BCUT2D eigenvalue weighted by Crippen LogP contribution is -2.43. The number of carbonyl (C=O) groups excluding carboxylic acids is 2. The minimum atomic E-state index is -3.65. The maximum absolute atomic E-state index is 13.3. The first-order chi connectivity index (χ1) is 15.5. The van der Waals surface area contributed by atoms with Crippen LogP contribution in [0.1, 0.15) is 36.5 Å². The molecule has 0 spiro atoms. The number of likely N-dealkylation sites (N-methyl/N-ethyl adjacent to an activating group) is 1. The van der Waals surface area contributed by atoms with Crippen LogP contribution in [0, 0.1) is 26.7 Å². The molecular formula is C25H32N2O5S. The second kappa shape index (κ2) is 10.1. The van der Waals surface area contributed by atoms with Gasteiger partial charge in [-0.1, -0.05) is 35.9 Å². The Kier molecular flexibility index (Phi) is 7.59. The smallest absolute Gasteiger partial charge is 0.309 e. The van der Waals surface area contributed by atoms with Crippen molar-refractivity contribution in [2.24, 2.45) is 5.92 Å². The Morgan fingerprint density at radius 3 is 2.12 bits per heavy atom. The van der Waals surface area contributed by atoms with Crippen LogP contribution in [0.15, 0.2) is 47.4 Å². The van der Waals surface area contributed by atoms with Gasteiger partial charge in [-0.3, -0.25) is 9.59 Å². The summed E-state index contributed by atoms with van der Waals surface area (Å²) >= 11 is 0. The summed E-state index contributed by atoms with van der Waals surface area (Å²) in [7, 11) is -2.01. The summed E-state index contributed by atoms with van der Waals surface area (Å²) in [5, 5.41) is 0. The number of sulfonamides is 1. The van der Waals surface area contributed by atoms with Crippen LogP contribution in [0.3, 0.4) is 0 Å². The molecule has 2 aromatic carbocycles. The van der Waals surface area contributed by atoms with Crippen LogP contribution >= 0.6 is 0 Å². The largest absolute Gasteiger partial charge is 0.452 e. The molecule has 0 aromatic heterocycles. The van der Waals surface area contributed by atoms with E-state index in [0.29, 0.717) is 23.4 Å². The maximum atomic E-state index is 13.3. The fraction of sp³-hybridized carbons (Fsp3) is 0.440. The highest BCUT2D eigenvalue weighted by Crippen LogP contribution is 2.29. The Hall–Kier alpha value is -2.71. The molecule has 0 radical (unpaired) electrons. The van der Waals surface area contributed by atoms with Gasteiger partial charge in [0.2, 0.25) is 10.0 Å². The number of carbonyl (C=O) groups is 2. The lowest BCUT2D eigenvalue weighted by atomic mass is 9.98. The SMILES string of the molecule is Cc1cc(C)c(S(=O)(=O)N2CCC(C(=O)OC(C)C(=O)N(C)c3ccccc3)CC2)c(C)c1. The van der Waals surface area contributed by atoms with Crippen molar-refractivity contribution in [3.05, 3.63) is 59.2 Å². The van der Waals surface area contributed by atoms with Gasteiger partial charge in [0.1, 0.15) is 0 Å². The standard InChI is InChI=1S/C25H32N2O5S/c1-17-15-18(2)23(19(3)16-17)33(30,31)27-13-11-21(12-14-27)25(29)32-20(4)24(28)26(5)22-9-7-6-8-10-22/h6-10,15-16,20-21H,11-14H2,1-5H3. The molecule has 0 N–H and O–H groups in total. The second-order valence-corrected chi connectivity index (χ2v) is 10.6. The Labute approximate surface area is 196 Å². The van der Waals surface area contributed by atoms with Gasteiger partial charge in [0.05, 0.1) is 10.8 Å². The van der Waals surface area contributed by atoms with Gasteiger partial charge in [0.25, 0.3) is 5.91 Å². The van der Waals surface area contributed by atoms with E-state index in [4.69, 9.17) is 4.74 Å². The molecule has 1 unspecified atom stereocenters. The number of nitrogens with zero attached hydrogens (tertiary/aromatic N) is 2. The van der Waals surface area contributed by atoms with Crippen LogP contribution < -0.4 is 4.90 Å². The molecule has 3 rings (SSSR count). The van der Waals surface area contributed by atoms with Gasteiger partial charge >= 0.3 is 5.97 Å². The highest BCUT2D eigenvalue weighted by Gasteiger charge is 2.35. The summed E-state index contributed by atoms with van der Waals surface area (Å²) in [5.41, 5.74) is 3.19. The van der Waals surface area contributed by atoms with Crippen molar-refractivity contribution in [2.45, 2.75) is 51.5 Å². The monoisotopic (exact) mass is 472 g/mol. The fourth-order valence-electron chi connectivity index (χ4n) is 4.41. The number of ether oxygens (including phenoxy) is 1. The number of anilines is 1. The number of piperidine rings is 1. The summed E-state index contributed by atoms with van der Waals surface area (Å²) in [5.74, 6) is -1.22. The van der Waals surface area contributed by atoms with Crippen molar-refractivity contribution in [3.8, 4) is 0 Å². The molecule has 1 atom stereocenters. The molecule has 0 saturated carbocycles. The summed E-state index contributed by atoms with van der Waals surface area (Å²) in [6.07, 6.45) is -0.211. The molecule has 1 heterocycles. The van der Waals surface area contributed by atoms with Gasteiger partial charge in [0.15, 0.2) is 6.10 Å². The van der Waals surface area contributed by atoms with Gasteiger partial charge in [-0.2, -0.15) is 4.31 Å². The number of para-hydroxylation sites is 1. The predicted molar refractivity (Wildman–Crippen MR) is 128 cm³/mol. The molecule has 8 heteroatoms. The molecule has 7 nitrogen and oxygen atoms in total. The van der Waals surface area contributed by atoms with Crippen LogP contribution in [0.5, 0.6) is 0 Å². The second-order valence-electron chi connectivity index (χ2n) is 8.72. The van der Waals surface area contributed by atoms with Crippen LogP contribution in [0.25, 0.3) is 0 Å². The minimum absolute atomic E-state index is 0.237. The molecule has 0 aliphatic carbocycles. The van der Waals surface area contributed by atoms with Crippen LogP contribution in [-0.2, 0) is 24.3 Å². The van der Waals surface area contributed by atoms with E-state index >= 15 is 0 Å². The average molecular weight is 473 g/mol. The average Bonchev–Trinajstić information content (AvgIpc) is 2.77. The van der Waals surface area contributed by atoms with Crippen molar-refractivity contribution < 1.29 is 22.7 Å². The summed E-state index contributed by atoms with van der Waals surface area (Å²) < 4.78 is 33.4. The van der Waals surface area contributed by atoms with E-state index in [0.717, 1.165) is 16.7 Å². The summed E-state index contributed by atoms with van der Waals surface area (Å²) in [6.45, 7) is 7.59. The van der Waals surface area contributed by atoms with E-state index in [9.17, 15) is 18.0 Å². The maximum Gasteiger partial charge on any atom is 0.309 e. The van der Waals surface area contributed by atoms with Gasteiger partial charge in [0, 0.05) is 25.8 Å². The van der Waals surface area contributed by atoms with E-state index < -0.39 is 28.0 Å². The lowest BCUT2D eigenvalue weighted by molar-refractivity contribution is -0.159. The third-order valence-corrected chi connectivity index (χ3v) is 8.31. The topological polar surface area (TPSA) is 84.0 Å². The van der Waals surface area contributed by atoms with Crippen LogP contribution in [-0.4, -0.2) is 50.8 Å². The molecule has 0 bridgehead atoms. The van der Waals surface area contributed by atoms with E-state index in [1.54, 1.807) is 26.1 Å². The molecular weight excluding hydrogens is 440 g/mol. The number of aryl methyl sites for hydroxylation is 3. The number of esters is 1. The third-order valence-electron chi connectivity index (χ3n) is 6.10. The van der Waals surface area contributed by atoms with E-state index in [1.807, 2.05) is 51.1 Å². The zero-order chi connectivity index (χ0) is 24.3. The van der Waals surface area contributed by atoms with Crippen molar-refractivity contribution in [3.63, 3.8) is 0 Å². The number of rotatable bonds is 6. The zero-order valence-electron chi connectivity index (χ0n) is 19.9. The van der Waals surface area contributed by atoms with Gasteiger partial charge in [-0.05, 0) is 63.8 Å². The quantitative estimate of drug-likeness (QED) is 0.600. The Balaban J connectivity index is 1.60. The molecule has 1 aliphatic rings. The first-order valence-corrected chi connectivity index (χ1v) is 12.6. The molecule has 1 fully saturated rings. The van der Waals surface area contributed by atoms with Gasteiger partial charge in [-0.15, -0.1) is 0 Å². The Morgan fingerprint density at radius 1 is 1.03 bits per heavy atom. The van der Waals surface area contributed by atoms with Gasteiger partial charge < -0.3 is 9.64 Å². The zero-order valence-corrected chi connectivity index (χ0v) is 20.7. The van der Waals surface area contributed by atoms with E-state index in [2.05, 4.69) is 0 Å². The molecule has 1 amide bonds. The van der Waals surface area contributed by atoms with E-state index in [1.165, 1.54) is 9.21 Å². The highest BCUT2D eigenvalue weighted by atomic mass is 32.2. The fourth-order valence-corrected chi connectivity index (χ4v) is 6.29. The first kappa shape index (κ1) is 24.9. The number of amides is 1. The minimum Gasteiger partial charge on any atom is -0.452 e. The number of hydrogen-bond donors (Lipinski definition) is 0. The van der Waals surface area contributed by atoms with Crippen molar-refractivity contribution >= 4 is 27.6 Å². The normalized spacial score (nSPS) is 16.3. The molecule has 1 saturated heterocycles. The first-order valence-electron chi connectivity index (χ1n) is 11.1. The predicted octanol–water partition coefficient (Wildman–Crippen LogP) is 3.61. The Morgan fingerprint density at radius 2 is 1.58 bits per heavy atom. The molecule has 1 aliphatic heterocycles. The third kappa shape index (κ3) is 5.45. The molecule has 33 heavy (non-hydrogen) atoms. The van der Waals surface area contributed by atoms with Crippen molar-refractivity contribution in [1.29, 1.82) is 0 Å². The molecule has 178 valence electrons. The van der Waals surface area contributed by atoms with Gasteiger partial charge in [-0.25, -0.2) is 8.42 Å². The number of benzene rings is 2. The van der Waals surface area contributed by atoms with Crippen LogP contribution in [0.4, 0.5) is 5.69 Å².